The van der Waals surface area contributed by atoms with Gasteiger partial charge >= 0.3 is 5.97 Å². The van der Waals surface area contributed by atoms with E-state index < -0.39 is 5.97 Å². The normalized spacial score (nSPS) is 9.77. The maximum atomic E-state index is 12.2. The summed E-state index contributed by atoms with van der Waals surface area (Å²) in [4.78, 5) is 38.7. The first-order valence-corrected chi connectivity index (χ1v) is 13.6. The quantitative estimate of drug-likeness (QED) is 0.106. The summed E-state index contributed by atoms with van der Waals surface area (Å²) < 4.78 is 6.41. The van der Waals surface area contributed by atoms with Gasteiger partial charge in [0.1, 0.15) is 20.6 Å². The molecule has 0 fully saturated rings. The Hall–Kier alpha value is -3.62. The zero-order valence-electron chi connectivity index (χ0n) is 23.4. The largest absolute Gasteiger partial charge is 0.477 e. The minimum atomic E-state index is -1.01. The number of amides is 1. The Morgan fingerprint density at radius 1 is 0.721 bits per heavy atom. The number of nitrogens with zero attached hydrogens (tertiary/aromatic N) is 4. The maximum Gasteiger partial charge on any atom is 0.354 e. The van der Waals surface area contributed by atoms with Crippen LogP contribution in [0, 0.1) is 31.1 Å². The fourth-order valence-corrected chi connectivity index (χ4v) is 4.27. The summed E-state index contributed by atoms with van der Waals surface area (Å²) in [7, 11) is 3.75. The molecule has 0 aliphatic rings. The second kappa shape index (κ2) is 17.5. The molecule has 4 heterocycles. The van der Waals surface area contributed by atoms with Gasteiger partial charge in [0, 0.05) is 62.7 Å². The minimum absolute atomic E-state index is 0. The average Bonchev–Trinajstić information content (AvgIpc) is 3.03. The van der Waals surface area contributed by atoms with Crippen molar-refractivity contribution in [2.75, 3.05) is 11.1 Å². The second-order valence-corrected chi connectivity index (χ2v) is 9.88. The van der Waals surface area contributed by atoms with Gasteiger partial charge in [0.2, 0.25) is 0 Å². The smallest absolute Gasteiger partial charge is 0.354 e. The van der Waals surface area contributed by atoms with Gasteiger partial charge < -0.3 is 16.2 Å². The van der Waals surface area contributed by atoms with Crippen molar-refractivity contribution in [3.05, 3.63) is 130 Å². The number of rotatable bonds is 3. The number of carboxylic acid groups (broad SMARTS) is 1. The van der Waals surface area contributed by atoms with E-state index >= 15 is 0 Å². The van der Waals surface area contributed by atoms with E-state index in [9.17, 15) is 9.59 Å². The van der Waals surface area contributed by atoms with Gasteiger partial charge in [-0.3, -0.25) is 14.8 Å². The molecule has 4 N–H and O–H groups in total. The number of anilines is 2. The predicted molar refractivity (Wildman–Crippen MR) is 174 cm³/mol. The minimum Gasteiger partial charge on any atom is -0.477 e. The number of nitrogens with one attached hydrogen (secondary N) is 1. The monoisotopic (exact) mass is 924 g/mol. The van der Waals surface area contributed by atoms with Crippen LogP contribution in [-0.4, -0.2) is 46.6 Å². The first kappa shape index (κ1) is 33.9. The number of nitrogen functional groups attached to an aromatic ring is 1. The number of nitrogens with two attached hydrogens (primary N) is 1. The molecule has 6 rings (SSSR count). The summed E-state index contributed by atoms with van der Waals surface area (Å²) in [5.41, 5.74) is 9.16. The molecule has 0 aliphatic heterocycles. The molecule has 2 radical (unpaired) electrons. The summed E-state index contributed by atoms with van der Waals surface area (Å²) in [5.74, 6) is -1.27. The first-order valence-electron chi connectivity index (χ1n) is 12.6. The Kier molecular flexibility index (Phi) is 13.8. The number of aromatic nitrogens is 4. The molecule has 9 nitrogen and oxygen atoms in total. The standard InChI is InChI=1S/C15H10BrN3O.C9H8N2.C6H4BrNO2.BH.U/c16-13-8-2-7-12(18-13)15(20)19-11-6-1-4-10-5-3-9-17-14(10)11;10-8-5-1-3-7-4-2-6-11-9(7)8;7-5-3-1-2-4(8-5)6(9)10;;/h1-9H,(H,19,20);1-6H,10H2;1-3H,(H,9,10);1H;/i;;;1T;. The van der Waals surface area contributed by atoms with Crippen molar-refractivity contribution in [2.24, 2.45) is 0 Å². The van der Waals surface area contributed by atoms with E-state index in [1.807, 2.05) is 60.7 Å². The molecule has 212 valence electrons. The SMILES string of the molecule is Nc1cccc2cccnc12.O=C(Nc1cccc2cccnc12)c1cccc(Br)n1.O=C(O)c1cccc(Br)n1.[3H][B].[U]. The number of carboxylic acids is 1. The molecular weight excluding hydrogens is 901 g/mol. The van der Waals surface area contributed by atoms with Crippen LogP contribution >= 0.6 is 31.9 Å². The predicted octanol–water partition coefficient (Wildman–Crippen LogP) is 6.36. The van der Waals surface area contributed by atoms with E-state index in [1.54, 1.807) is 42.7 Å². The van der Waals surface area contributed by atoms with Crippen LogP contribution in [0.1, 0.15) is 21.0 Å². The van der Waals surface area contributed by atoms with E-state index in [4.69, 9.17) is 12.2 Å². The van der Waals surface area contributed by atoms with Crippen molar-refractivity contribution in [3.8, 4) is 0 Å². The third kappa shape index (κ3) is 10.3. The van der Waals surface area contributed by atoms with E-state index in [2.05, 4.69) is 65.5 Å². The number of carbonyl (C=O) groups is 2. The topological polar surface area (TPSA) is 144 Å². The number of pyridine rings is 4. The van der Waals surface area contributed by atoms with Gasteiger partial charge in [-0.05, 0) is 81.7 Å². The fourth-order valence-electron chi connectivity index (χ4n) is 3.58. The van der Waals surface area contributed by atoms with E-state index in [0.717, 1.165) is 27.5 Å². The van der Waals surface area contributed by atoms with E-state index in [1.165, 1.54) is 6.07 Å². The van der Waals surface area contributed by atoms with Crippen LogP contribution in [0.4, 0.5) is 11.4 Å². The molecule has 6 aromatic rings. The number of hydrogen-bond donors (Lipinski definition) is 3. The molecular formula is C30H23BBr2N6O3U. The number of aromatic carboxylic acids is 1. The number of fused-ring (bicyclic) bond motifs is 2. The Morgan fingerprint density at radius 2 is 1.21 bits per heavy atom. The van der Waals surface area contributed by atoms with Gasteiger partial charge in [-0.2, -0.15) is 0 Å². The number of hydrogen-bond acceptors (Lipinski definition) is 7. The average molecular weight is 926 g/mol. The Labute approximate surface area is 291 Å². The van der Waals surface area contributed by atoms with Crippen LogP contribution in [0.25, 0.3) is 21.8 Å². The second-order valence-electron chi connectivity index (χ2n) is 8.25. The molecule has 0 aliphatic carbocycles. The van der Waals surface area contributed by atoms with Crippen molar-refractivity contribution in [3.63, 3.8) is 0 Å². The van der Waals surface area contributed by atoms with Gasteiger partial charge in [0.15, 0.2) is 0 Å². The van der Waals surface area contributed by atoms with Crippen LogP contribution in [0.5, 0.6) is 0 Å². The third-order valence-electron chi connectivity index (χ3n) is 5.43. The third-order valence-corrected chi connectivity index (χ3v) is 6.31. The Bertz CT molecular complexity index is 1840. The number of benzene rings is 2. The number of para-hydroxylation sites is 2. The molecule has 0 bridgehead atoms. The fraction of sp³-hybridized carbons (Fsp3) is 0. The molecule has 4 aromatic heterocycles. The van der Waals surface area contributed by atoms with Crippen molar-refractivity contribution in [2.45, 2.75) is 0 Å². The van der Waals surface area contributed by atoms with Crippen LogP contribution < -0.4 is 11.1 Å². The molecule has 0 spiro atoms. The first-order chi connectivity index (χ1) is 20.8. The number of carbonyl (C=O) groups excluding carboxylic acids is 1. The molecule has 1 amide bonds. The summed E-state index contributed by atoms with van der Waals surface area (Å²) in [5, 5.41) is 13.3. The van der Waals surface area contributed by atoms with E-state index in [0.29, 0.717) is 20.6 Å². The zero-order chi connectivity index (χ0) is 31.2. The van der Waals surface area contributed by atoms with E-state index in [-0.39, 0.29) is 42.7 Å². The molecule has 13 heteroatoms. The summed E-state index contributed by atoms with van der Waals surface area (Å²) in [6.45, 7) is 0. The molecule has 0 atom stereocenters. The number of halogens is 2. The van der Waals surface area contributed by atoms with Crippen LogP contribution in [0.2, 0.25) is 0 Å². The van der Waals surface area contributed by atoms with Gasteiger partial charge in [0.25, 0.3) is 5.91 Å². The molecule has 0 saturated heterocycles. The summed E-state index contributed by atoms with van der Waals surface area (Å²) in [6.07, 6.45) is 3.45. The van der Waals surface area contributed by atoms with Crippen molar-refractivity contribution < 1.29 is 45.8 Å². The molecule has 0 unspecified atom stereocenters. The summed E-state index contributed by atoms with van der Waals surface area (Å²) in [6, 6.07) is 29.1. The van der Waals surface area contributed by atoms with Crippen molar-refractivity contribution in [1.82, 2.24) is 19.9 Å². The van der Waals surface area contributed by atoms with Crippen LogP contribution in [-0.2, 0) is 0 Å². The van der Waals surface area contributed by atoms with Gasteiger partial charge in [-0.15, -0.1) is 0 Å². The van der Waals surface area contributed by atoms with Crippen LogP contribution in [0.3, 0.4) is 0 Å². The van der Waals surface area contributed by atoms with Crippen molar-refractivity contribution >= 4 is 85.3 Å². The Balaban J connectivity index is 0.000000240. The Morgan fingerprint density at radius 3 is 1.77 bits per heavy atom. The summed E-state index contributed by atoms with van der Waals surface area (Å²) >= 11 is 6.31. The molecule has 0 saturated carbocycles. The molecule has 2 aromatic carbocycles. The van der Waals surface area contributed by atoms with Crippen molar-refractivity contribution in [1.29, 1.82) is 1.34 Å². The maximum absolute atomic E-state index is 12.2. The van der Waals surface area contributed by atoms with Gasteiger partial charge in [0.05, 0.1) is 22.4 Å². The van der Waals surface area contributed by atoms with Gasteiger partial charge in [-0.1, -0.05) is 48.5 Å². The van der Waals surface area contributed by atoms with Gasteiger partial charge in [-0.25, -0.2) is 14.8 Å². The van der Waals surface area contributed by atoms with Crippen LogP contribution in [0.15, 0.2) is 119 Å². The zero-order valence-corrected chi connectivity index (χ0v) is 29.7. The molecule has 43 heavy (non-hydrogen) atoms.